The summed E-state index contributed by atoms with van der Waals surface area (Å²) in [6.45, 7) is 2.50. The van der Waals surface area contributed by atoms with E-state index in [-0.39, 0.29) is 0 Å². The van der Waals surface area contributed by atoms with Crippen molar-refractivity contribution in [3.63, 3.8) is 0 Å². The van der Waals surface area contributed by atoms with Crippen molar-refractivity contribution in [3.05, 3.63) is 97.1 Å². The highest BCUT2D eigenvalue weighted by molar-refractivity contribution is 6.06. The molecule has 9 nitrogen and oxygen atoms in total. The number of fused-ring (bicyclic) bond motifs is 20. The van der Waals surface area contributed by atoms with Gasteiger partial charge in [0, 0.05) is 43.8 Å². The maximum atomic E-state index is 5.02. The van der Waals surface area contributed by atoms with Crippen LogP contribution < -0.4 is 5.32 Å². The number of nitrogens with one attached hydrogen (secondary N) is 3. The number of hydrogen-bond donors (Lipinski definition) is 3. The van der Waals surface area contributed by atoms with Crippen molar-refractivity contribution in [2.75, 3.05) is 13.1 Å². The number of aromatic nitrogens is 8. The predicted octanol–water partition coefficient (Wildman–Crippen LogP) is 7.63. The van der Waals surface area contributed by atoms with Gasteiger partial charge in [-0.25, -0.2) is 29.9 Å². The molecule has 7 aromatic rings. The lowest BCUT2D eigenvalue weighted by Gasteiger charge is -2.08. The maximum Gasteiger partial charge on any atom is 0.164 e. The number of H-pyrrole nitrogens is 2. The van der Waals surface area contributed by atoms with Crippen LogP contribution in [-0.2, 0) is 0 Å². The lowest BCUT2D eigenvalue weighted by atomic mass is 10.1. The van der Waals surface area contributed by atoms with E-state index in [1.807, 2.05) is 97.1 Å². The van der Waals surface area contributed by atoms with Crippen LogP contribution in [0.15, 0.2) is 97.1 Å². The van der Waals surface area contributed by atoms with Crippen molar-refractivity contribution in [1.29, 1.82) is 0 Å². The average Bonchev–Trinajstić information content (AvgIpc) is 3.85. The lowest BCUT2D eigenvalue weighted by Crippen LogP contribution is -2.21. The fourth-order valence-corrected chi connectivity index (χ4v) is 6.39. The van der Waals surface area contributed by atoms with Gasteiger partial charge in [0.1, 0.15) is 22.6 Å². The quantitative estimate of drug-likeness (QED) is 0.164. The highest BCUT2D eigenvalue weighted by atomic mass is 15.1. The number of piperidine rings is 1. The second kappa shape index (κ2) is 11.0. The van der Waals surface area contributed by atoms with Gasteiger partial charge in [-0.3, -0.25) is 0 Å². The second-order valence-electron chi connectivity index (χ2n) is 11.6. The Morgan fingerprint density at radius 1 is 0.348 bits per heavy atom. The summed E-state index contributed by atoms with van der Waals surface area (Å²) in [7, 11) is 0. The summed E-state index contributed by atoms with van der Waals surface area (Å²) in [5.41, 5.74) is 6.45. The first-order valence-corrected chi connectivity index (χ1v) is 15.7. The third-order valence-electron chi connectivity index (χ3n) is 8.67. The first-order chi connectivity index (χ1) is 22.8. The van der Waals surface area contributed by atoms with Crippen LogP contribution in [0.4, 0.5) is 0 Å². The molecular weight excluding hydrogens is 570 g/mol. The zero-order valence-electron chi connectivity index (χ0n) is 25.0. The minimum atomic E-state index is 0.597. The van der Waals surface area contributed by atoms with Crippen LogP contribution >= 0.6 is 0 Å². The number of benzene rings is 4. The van der Waals surface area contributed by atoms with Crippen LogP contribution in [0.25, 0.3) is 89.7 Å². The molecule has 9 heteroatoms. The molecule has 3 aliphatic rings. The van der Waals surface area contributed by atoms with Crippen LogP contribution in [0.2, 0.25) is 0 Å². The van der Waals surface area contributed by atoms with Crippen molar-refractivity contribution in [2.45, 2.75) is 19.3 Å². The van der Waals surface area contributed by atoms with Crippen LogP contribution in [0.3, 0.4) is 0 Å². The summed E-state index contributed by atoms with van der Waals surface area (Å²) in [4.78, 5) is 36.8. The Morgan fingerprint density at radius 3 is 0.913 bits per heavy atom. The average molecular weight is 600 g/mol. The van der Waals surface area contributed by atoms with E-state index in [1.54, 1.807) is 0 Å². The zero-order valence-corrected chi connectivity index (χ0v) is 25.0. The number of aromatic amines is 2. The van der Waals surface area contributed by atoms with Crippen molar-refractivity contribution >= 4 is 44.1 Å². The predicted molar refractivity (Wildman–Crippen MR) is 183 cm³/mol. The van der Waals surface area contributed by atoms with Gasteiger partial charge < -0.3 is 15.3 Å². The molecule has 222 valence electrons. The van der Waals surface area contributed by atoms with Crippen molar-refractivity contribution < 1.29 is 0 Å². The molecule has 0 atom stereocenters. The fraction of sp³-hybridized carbons (Fsp3) is 0.135. The summed E-state index contributed by atoms with van der Waals surface area (Å²) in [6.07, 6.45) is 4.22. The van der Waals surface area contributed by atoms with E-state index < -0.39 is 0 Å². The van der Waals surface area contributed by atoms with E-state index in [2.05, 4.69) is 15.3 Å². The highest BCUT2D eigenvalue weighted by Crippen LogP contribution is 2.36. The highest BCUT2D eigenvalue weighted by Gasteiger charge is 2.21. The summed E-state index contributed by atoms with van der Waals surface area (Å²) in [6, 6.07) is 32.2. The minimum Gasteiger partial charge on any atom is -0.324 e. The van der Waals surface area contributed by atoms with Gasteiger partial charge in [0.25, 0.3) is 0 Å². The largest absolute Gasteiger partial charge is 0.324 e. The standard InChI is InChI=1S/C32H18N8.C5H11N/c1-2-10-18-17(9-1)25-33-26(18)38-28-21-13-5-6-14-22(21)30(35-28)40-32-24-16-8-7-15-23(24)31(36-32)39-29-20-12-4-3-11-19(20)27(34-29)37-25;1-2-4-6-5-3-1/h1-16H,(H2,33,34,35,36,37,38,39,40);6H,1-5H2. The molecule has 0 aliphatic carbocycles. The zero-order chi connectivity index (χ0) is 30.5. The van der Waals surface area contributed by atoms with Gasteiger partial charge in [-0.15, -0.1) is 0 Å². The molecule has 10 rings (SSSR count). The molecule has 1 fully saturated rings. The third kappa shape index (κ3) is 4.52. The van der Waals surface area contributed by atoms with Crippen LogP contribution in [-0.4, -0.2) is 53.0 Å². The summed E-state index contributed by atoms with van der Waals surface area (Å²) >= 11 is 0. The van der Waals surface area contributed by atoms with E-state index in [0.29, 0.717) is 45.9 Å². The summed E-state index contributed by atoms with van der Waals surface area (Å²) in [5, 5.41) is 7.11. The lowest BCUT2D eigenvalue weighted by molar-refractivity contribution is 0.520. The normalized spacial score (nSPS) is 13.6. The molecule has 6 heterocycles. The molecular formula is C37H29N9. The van der Waals surface area contributed by atoms with E-state index >= 15 is 0 Å². The Balaban J connectivity index is 0.000000440. The van der Waals surface area contributed by atoms with Gasteiger partial charge in [-0.2, -0.15) is 0 Å². The maximum absolute atomic E-state index is 5.02. The first kappa shape index (κ1) is 26.6. The smallest absolute Gasteiger partial charge is 0.164 e. The van der Waals surface area contributed by atoms with Crippen LogP contribution in [0, 0.1) is 0 Å². The van der Waals surface area contributed by atoms with Crippen molar-refractivity contribution in [3.8, 4) is 45.6 Å². The second-order valence-corrected chi connectivity index (χ2v) is 11.6. The molecule has 1 saturated heterocycles. The minimum absolute atomic E-state index is 0.597. The van der Waals surface area contributed by atoms with Crippen molar-refractivity contribution in [2.24, 2.45) is 0 Å². The molecule has 4 aromatic carbocycles. The Bertz CT molecular complexity index is 2120. The van der Waals surface area contributed by atoms with E-state index in [1.165, 1.54) is 32.4 Å². The van der Waals surface area contributed by atoms with Gasteiger partial charge in [-0.1, -0.05) is 103 Å². The number of hydrogen-bond acceptors (Lipinski definition) is 7. The molecule has 8 bridgehead atoms. The molecule has 3 aromatic heterocycles. The monoisotopic (exact) mass is 599 g/mol. The Hall–Kier alpha value is -5.80. The van der Waals surface area contributed by atoms with E-state index in [9.17, 15) is 0 Å². The summed E-state index contributed by atoms with van der Waals surface area (Å²) < 4.78 is 0. The van der Waals surface area contributed by atoms with Gasteiger partial charge in [0.05, 0.1) is 0 Å². The molecule has 3 N–H and O–H groups in total. The SMILES string of the molecule is C1CCNCC1.c1ccc2c(c1)-c1nc-2nc2[nH]c(nc3nc(nc4[nH]c(n1)c1ccccc41)-c1ccccc1-3)c1ccccc21. The Kier molecular flexibility index (Phi) is 6.34. The number of nitrogens with zero attached hydrogens (tertiary/aromatic N) is 6. The van der Waals surface area contributed by atoms with Gasteiger partial charge in [-0.05, 0) is 25.9 Å². The molecule has 0 unspecified atom stereocenters. The number of rotatable bonds is 0. The molecule has 0 spiro atoms. The first-order valence-electron chi connectivity index (χ1n) is 15.7. The van der Waals surface area contributed by atoms with Crippen LogP contribution in [0.5, 0.6) is 0 Å². The molecule has 46 heavy (non-hydrogen) atoms. The van der Waals surface area contributed by atoms with Gasteiger partial charge in [0.2, 0.25) is 0 Å². The Morgan fingerprint density at radius 2 is 0.652 bits per heavy atom. The topological polar surface area (TPSA) is 121 Å². The third-order valence-corrected chi connectivity index (χ3v) is 8.67. The molecule has 0 amide bonds. The van der Waals surface area contributed by atoms with Gasteiger partial charge >= 0.3 is 0 Å². The summed E-state index contributed by atoms with van der Waals surface area (Å²) in [5.74, 6) is 2.39. The van der Waals surface area contributed by atoms with E-state index in [4.69, 9.17) is 29.9 Å². The molecule has 0 radical (unpaired) electrons. The molecule has 0 saturated carbocycles. The van der Waals surface area contributed by atoms with Crippen molar-refractivity contribution in [1.82, 2.24) is 45.2 Å². The van der Waals surface area contributed by atoms with E-state index in [0.717, 1.165) is 43.8 Å². The van der Waals surface area contributed by atoms with Crippen LogP contribution in [0.1, 0.15) is 19.3 Å². The Labute approximate surface area is 263 Å². The molecule has 3 aliphatic heterocycles. The fourth-order valence-electron chi connectivity index (χ4n) is 6.39. The van der Waals surface area contributed by atoms with Gasteiger partial charge in [0.15, 0.2) is 23.3 Å².